The summed E-state index contributed by atoms with van der Waals surface area (Å²) in [4.78, 5) is 0. The molecule has 0 saturated heterocycles. The molecule has 0 saturated carbocycles. The first-order chi connectivity index (χ1) is 6.11. The molecule has 0 spiro atoms. The Morgan fingerprint density at radius 3 is 2.62 bits per heavy atom. The van der Waals surface area contributed by atoms with E-state index in [0.717, 1.165) is 0 Å². The van der Waals surface area contributed by atoms with Crippen LogP contribution in [0.15, 0.2) is 6.07 Å². The summed E-state index contributed by atoms with van der Waals surface area (Å²) in [5.41, 5.74) is 5.94. The Kier molecular flexibility index (Phi) is 2.86. The van der Waals surface area contributed by atoms with Gasteiger partial charge in [0.05, 0.1) is 28.4 Å². The Balaban J connectivity index is 3.50. The summed E-state index contributed by atoms with van der Waals surface area (Å²) in [5.74, 6) is 0.353. The van der Waals surface area contributed by atoms with E-state index in [9.17, 15) is 0 Å². The molecule has 0 unspecified atom stereocenters. The molecule has 3 nitrogen and oxygen atoms in total. The minimum absolute atomic E-state index is 0.144. The van der Waals surface area contributed by atoms with Crippen LogP contribution in [0.5, 0.6) is 5.75 Å². The summed E-state index contributed by atoms with van der Waals surface area (Å²) in [7, 11) is 1.44. The average Bonchev–Trinajstić information content (AvgIpc) is 2.12. The number of hydrogen-bond acceptors (Lipinski definition) is 3. The normalized spacial score (nSPS) is 9.38. The van der Waals surface area contributed by atoms with Crippen molar-refractivity contribution in [2.75, 3.05) is 12.8 Å². The lowest BCUT2D eigenvalue weighted by Crippen LogP contribution is -1.96. The van der Waals surface area contributed by atoms with Crippen LogP contribution in [0.3, 0.4) is 0 Å². The predicted molar refractivity (Wildman–Crippen MR) is 52.1 cm³/mol. The zero-order valence-electron chi connectivity index (χ0n) is 6.77. The van der Waals surface area contributed by atoms with Crippen LogP contribution in [0, 0.1) is 11.3 Å². The maximum absolute atomic E-state index is 8.72. The smallest absolute Gasteiger partial charge is 0.144 e. The van der Waals surface area contributed by atoms with Gasteiger partial charge in [-0.05, 0) is 0 Å². The summed E-state index contributed by atoms with van der Waals surface area (Å²) in [6.45, 7) is 0. The fraction of sp³-hybridized carbons (Fsp3) is 0.125. The molecule has 0 bridgehead atoms. The van der Waals surface area contributed by atoms with Crippen molar-refractivity contribution in [2.24, 2.45) is 0 Å². The molecule has 0 aliphatic rings. The second kappa shape index (κ2) is 3.73. The number of nitriles is 1. The number of anilines is 1. The molecule has 5 heteroatoms. The largest absolute Gasteiger partial charge is 0.494 e. The molecule has 1 rings (SSSR count). The van der Waals surface area contributed by atoms with Gasteiger partial charge in [-0.2, -0.15) is 5.26 Å². The minimum atomic E-state index is 0.144. The van der Waals surface area contributed by atoms with Gasteiger partial charge in [-0.3, -0.25) is 0 Å². The van der Waals surface area contributed by atoms with Gasteiger partial charge >= 0.3 is 0 Å². The van der Waals surface area contributed by atoms with Gasteiger partial charge in [0.1, 0.15) is 11.8 Å². The first-order valence-electron chi connectivity index (χ1n) is 3.33. The van der Waals surface area contributed by atoms with Gasteiger partial charge in [-0.25, -0.2) is 0 Å². The van der Waals surface area contributed by atoms with E-state index < -0.39 is 0 Å². The van der Waals surface area contributed by atoms with E-state index >= 15 is 0 Å². The standard InChI is InChI=1S/C8H6Cl2N2O/c1-13-6-2-5(9)7(10)4(3-11)8(6)12/h2H,12H2,1H3. The zero-order valence-corrected chi connectivity index (χ0v) is 8.28. The number of nitrogen functional groups attached to an aromatic ring is 1. The van der Waals surface area contributed by atoms with Gasteiger partial charge in [-0.15, -0.1) is 0 Å². The molecule has 0 fully saturated rings. The maximum Gasteiger partial charge on any atom is 0.144 e. The van der Waals surface area contributed by atoms with Crippen LogP contribution in [0.2, 0.25) is 10.0 Å². The Bertz CT molecular complexity index is 385. The highest BCUT2D eigenvalue weighted by Gasteiger charge is 2.13. The number of ether oxygens (including phenoxy) is 1. The van der Waals surface area contributed by atoms with Crippen molar-refractivity contribution in [2.45, 2.75) is 0 Å². The summed E-state index contributed by atoms with van der Waals surface area (Å²) >= 11 is 11.5. The molecule has 0 heterocycles. The van der Waals surface area contributed by atoms with Gasteiger partial charge < -0.3 is 10.5 Å². The summed E-state index contributed by atoms with van der Waals surface area (Å²) < 4.78 is 4.90. The quantitative estimate of drug-likeness (QED) is 0.735. The lowest BCUT2D eigenvalue weighted by Gasteiger charge is -2.08. The zero-order chi connectivity index (χ0) is 10.0. The van der Waals surface area contributed by atoms with Crippen molar-refractivity contribution in [1.82, 2.24) is 0 Å². The third-order valence-electron chi connectivity index (χ3n) is 1.55. The van der Waals surface area contributed by atoms with Crippen LogP contribution < -0.4 is 10.5 Å². The first kappa shape index (κ1) is 9.97. The summed E-state index contributed by atoms with van der Waals surface area (Å²) in [5, 5.41) is 9.12. The van der Waals surface area contributed by atoms with Crippen LogP contribution in [-0.4, -0.2) is 7.11 Å². The molecule has 1 aromatic carbocycles. The van der Waals surface area contributed by atoms with E-state index in [1.54, 1.807) is 0 Å². The number of rotatable bonds is 1. The van der Waals surface area contributed by atoms with Gasteiger partial charge in [0, 0.05) is 6.07 Å². The van der Waals surface area contributed by atoms with Crippen molar-refractivity contribution in [3.05, 3.63) is 21.7 Å². The molecule has 0 aliphatic carbocycles. The molecule has 1 aromatic rings. The molecule has 0 radical (unpaired) electrons. The number of methoxy groups -OCH3 is 1. The lowest BCUT2D eigenvalue weighted by molar-refractivity contribution is 0.417. The Hall–Kier alpha value is -1.11. The fourth-order valence-corrected chi connectivity index (χ4v) is 1.29. The lowest BCUT2D eigenvalue weighted by atomic mass is 10.2. The van der Waals surface area contributed by atoms with E-state index in [-0.39, 0.29) is 21.3 Å². The van der Waals surface area contributed by atoms with Gasteiger partial charge in [0.25, 0.3) is 0 Å². The van der Waals surface area contributed by atoms with E-state index in [1.807, 2.05) is 6.07 Å². The van der Waals surface area contributed by atoms with Crippen LogP contribution in [-0.2, 0) is 0 Å². The Morgan fingerprint density at radius 1 is 1.54 bits per heavy atom. The van der Waals surface area contributed by atoms with Crippen LogP contribution >= 0.6 is 23.2 Å². The Morgan fingerprint density at radius 2 is 2.15 bits per heavy atom. The minimum Gasteiger partial charge on any atom is -0.494 e. The SMILES string of the molecule is COc1cc(Cl)c(Cl)c(C#N)c1N. The van der Waals surface area contributed by atoms with Crippen LogP contribution in [0.4, 0.5) is 5.69 Å². The predicted octanol–water partition coefficient (Wildman–Crippen LogP) is 2.46. The molecule has 68 valence electrons. The molecule has 2 N–H and O–H groups in total. The van der Waals surface area contributed by atoms with Crippen molar-refractivity contribution >= 4 is 28.9 Å². The highest BCUT2D eigenvalue weighted by Crippen LogP contribution is 2.36. The Labute approximate surface area is 85.6 Å². The number of nitrogens with two attached hydrogens (primary N) is 1. The van der Waals surface area contributed by atoms with Gasteiger partial charge in [0.15, 0.2) is 0 Å². The van der Waals surface area contributed by atoms with E-state index in [2.05, 4.69) is 0 Å². The number of nitrogens with zero attached hydrogens (tertiary/aromatic N) is 1. The summed E-state index contributed by atoms with van der Waals surface area (Å²) in [6, 6.07) is 3.33. The molecule has 0 aliphatic heterocycles. The third kappa shape index (κ3) is 1.64. The number of benzene rings is 1. The average molecular weight is 217 g/mol. The maximum atomic E-state index is 8.72. The fourth-order valence-electron chi connectivity index (χ4n) is 0.895. The first-order valence-corrected chi connectivity index (χ1v) is 4.09. The summed E-state index contributed by atoms with van der Waals surface area (Å²) in [6.07, 6.45) is 0. The highest BCUT2D eigenvalue weighted by molar-refractivity contribution is 6.43. The van der Waals surface area contributed by atoms with Crippen molar-refractivity contribution in [1.29, 1.82) is 5.26 Å². The van der Waals surface area contributed by atoms with E-state index in [4.69, 9.17) is 38.9 Å². The van der Waals surface area contributed by atoms with Crippen molar-refractivity contribution in [3.63, 3.8) is 0 Å². The molecule has 13 heavy (non-hydrogen) atoms. The van der Waals surface area contributed by atoms with Crippen LogP contribution in [0.1, 0.15) is 5.56 Å². The topological polar surface area (TPSA) is 59.0 Å². The van der Waals surface area contributed by atoms with Crippen molar-refractivity contribution < 1.29 is 4.74 Å². The third-order valence-corrected chi connectivity index (χ3v) is 2.34. The van der Waals surface area contributed by atoms with Crippen molar-refractivity contribution in [3.8, 4) is 11.8 Å². The second-order valence-electron chi connectivity index (χ2n) is 2.28. The molecular formula is C8H6Cl2N2O. The molecule has 0 amide bonds. The molecular weight excluding hydrogens is 211 g/mol. The monoisotopic (exact) mass is 216 g/mol. The van der Waals surface area contributed by atoms with Gasteiger partial charge in [0.2, 0.25) is 0 Å². The van der Waals surface area contributed by atoms with E-state index in [0.29, 0.717) is 5.75 Å². The van der Waals surface area contributed by atoms with Gasteiger partial charge in [-0.1, -0.05) is 23.2 Å². The molecule has 0 aromatic heterocycles. The van der Waals surface area contributed by atoms with E-state index in [1.165, 1.54) is 13.2 Å². The number of hydrogen-bond donors (Lipinski definition) is 1. The molecule has 0 atom stereocenters. The second-order valence-corrected chi connectivity index (χ2v) is 3.06. The highest BCUT2D eigenvalue weighted by atomic mass is 35.5. The number of halogens is 2. The van der Waals surface area contributed by atoms with Crippen LogP contribution in [0.25, 0.3) is 0 Å².